The van der Waals surface area contributed by atoms with Crippen molar-refractivity contribution in [2.45, 2.75) is 41.0 Å². The van der Waals surface area contributed by atoms with Crippen LogP contribution < -0.4 is 16.1 Å². The third-order valence-corrected chi connectivity index (χ3v) is 10.1. The van der Waals surface area contributed by atoms with Crippen LogP contribution in [0, 0.1) is 0 Å². The summed E-state index contributed by atoms with van der Waals surface area (Å²) in [6, 6.07) is 9.22. The molecule has 0 radical (unpaired) electrons. The zero-order valence-corrected chi connectivity index (χ0v) is 24.3. The van der Waals surface area contributed by atoms with E-state index >= 15 is 0 Å². The summed E-state index contributed by atoms with van der Waals surface area (Å²) in [5, 5.41) is 9.43. The molecule has 1 aromatic heterocycles. The van der Waals surface area contributed by atoms with Crippen molar-refractivity contribution in [2.75, 3.05) is 0 Å². The van der Waals surface area contributed by atoms with Crippen LogP contribution in [0.25, 0.3) is 5.69 Å². The molecule has 2 aliphatic carbocycles. The fourth-order valence-corrected chi connectivity index (χ4v) is 7.59. The van der Waals surface area contributed by atoms with Gasteiger partial charge < -0.3 is 9.84 Å². The Morgan fingerprint density at radius 2 is 1.58 bits per heavy atom. The van der Waals surface area contributed by atoms with Gasteiger partial charge in [0.2, 0.25) is 0 Å². The molecule has 1 fully saturated rings. The number of allylic oxidation sites excluding steroid dienone is 4. The highest BCUT2D eigenvalue weighted by molar-refractivity contribution is 6.66. The average Bonchev–Trinajstić information content (AvgIpc) is 3.21. The standard InChI is InChI=1S/C27H16Cl4F3N3O6/c28-19-20(29)22(40)26(31)18(15-10-13(6-7-17(15)38)43-27(32,33)34)14-8-9-35-23(41)36(12-4-2-1-3-5-12)24(42)37(35)16(14)11-25(26,30)21(19)39/h1-8,10,16,18,38H,9,11H2/t16-,18-,25-,26+/m1/s1. The number of phenolic OH excluding ortho intramolecular Hbond substituents is 1. The van der Waals surface area contributed by atoms with Gasteiger partial charge in [-0.3, -0.25) is 9.59 Å². The van der Waals surface area contributed by atoms with Gasteiger partial charge in [0, 0.05) is 17.9 Å². The van der Waals surface area contributed by atoms with Crippen LogP contribution in [0.15, 0.2) is 79.8 Å². The van der Waals surface area contributed by atoms with Crippen LogP contribution in [-0.4, -0.2) is 46.7 Å². The highest BCUT2D eigenvalue weighted by atomic mass is 35.5. The first-order valence-electron chi connectivity index (χ1n) is 12.4. The Labute approximate surface area is 258 Å². The molecule has 3 aromatic rings. The summed E-state index contributed by atoms with van der Waals surface area (Å²) in [6.07, 6.45) is -4.24. The van der Waals surface area contributed by atoms with Crippen LogP contribution in [0.4, 0.5) is 13.2 Å². The van der Waals surface area contributed by atoms with Crippen molar-refractivity contribution in [3.8, 4) is 17.2 Å². The lowest BCUT2D eigenvalue weighted by Gasteiger charge is -2.54. The maximum Gasteiger partial charge on any atom is 0.573 e. The lowest BCUT2D eigenvalue weighted by Crippen LogP contribution is -2.67. The van der Waals surface area contributed by atoms with E-state index in [-0.39, 0.29) is 23.4 Å². The molecule has 0 spiro atoms. The Balaban J connectivity index is 1.64. The number of alkyl halides is 5. The van der Waals surface area contributed by atoms with Crippen molar-refractivity contribution in [3.63, 3.8) is 0 Å². The Morgan fingerprint density at radius 3 is 2.23 bits per heavy atom. The first-order valence-corrected chi connectivity index (χ1v) is 13.9. The van der Waals surface area contributed by atoms with Crippen molar-refractivity contribution in [1.82, 2.24) is 13.9 Å². The smallest absolute Gasteiger partial charge is 0.508 e. The number of phenols is 1. The lowest BCUT2D eigenvalue weighted by molar-refractivity contribution is -0.274. The van der Waals surface area contributed by atoms with Crippen LogP contribution in [0.2, 0.25) is 0 Å². The minimum atomic E-state index is -5.12. The summed E-state index contributed by atoms with van der Waals surface area (Å²) >= 11 is 26.3. The maximum atomic E-state index is 13.8. The number of Topliss-reactive ketones (excluding diaryl/α,β-unsaturated/α-hetero) is 2. The van der Waals surface area contributed by atoms with Gasteiger partial charge in [-0.1, -0.05) is 47.5 Å². The normalized spacial score (nSPS) is 26.9. The quantitative estimate of drug-likeness (QED) is 0.313. The topological polar surface area (TPSA) is 113 Å². The molecule has 224 valence electrons. The summed E-state index contributed by atoms with van der Waals surface area (Å²) in [5.74, 6) is -5.28. The first kappa shape index (κ1) is 29.6. The predicted molar refractivity (Wildman–Crippen MR) is 149 cm³/mol. The van der Waals surface area contributed by atoms with E-state index in [1.165, 1.54) is 18.2 Å². The second kappa shape index (κ2) is 9.78. The molecule has 0 unspecified atom stereocenters. The summed E-state index contributed by atoms with van der Waals surface area (Å²) in [4.78, 5) is 49.7. The third-order valence-electron chi connectivity index (χ3n) is 7.86. The molecule has 2 aromatic carbocycles. The van der Waals surface area contributed by atoms with Crippen LogP contribution >= 0.6 is 46.4 Å². The van der Waals surface area contributed by atoms with Gasteiger partial charge in [0.1, 0.15) is 31.3 Å². The molecular formula is C27H16Cl4F3N3O6. The van der Waals surface area contributed by atoms with Gasteiger partial charge >= 0.3 is 17.7 Å². The predicted octanol–water partition coefficient (Wildman–Crippen LogP) is 4.87. The van der Waals surface area contributed by atoms with Crippen molar-refractivity contribution >= 4 is 58.0 Å². The number of nitrogens with zero attached hydrogens (tertiary/aromatic N) is 3. The van der Waals surface area contributed by atoms with E-state index in [9.17, 15) is 37.5 Å². The second-order valence-corrected chi connectivity index (χ2v) is 12.1. The van der Waals surface area contributed by atoms with E-state index in [0.717, 1.165) is 32.1 Å². The van der Waals surface area contributed by atoms with E-state index in [0.29, 0.717) is 0 Å². The van der Waals surface area contributed by atoms with E-state index in [1.54, 1.807) is 18.2 Å². The molecular weight excluding hydrogens is 661 g/mol. The van der Waals surface area contributed by atoms with Gasteiger partial charge in [-0.25, -0.2) is 23.5 Å². The minimum absolute atomic E-state index is 0.113. The summed E-state index contributed by atoms with van der Waals surface area (Å²) < 4.78 is 46.4. The molecule has 1 saturated carbocycles. The van der Waals surface area contributed by atoms with E-state index in [1.807, 2.05) is 0 Å². The van der Waals surface area contributed by atoms with Gasteiger partial charge in [0.15, 0.2) is 11.6 Å². The van der Waals surface area contributed by atoms with Crippen molar-refractivity contribution in [1.29, 1.82) is 0 Å². The zero-order chi connectivity index (χ0) is 31.2. The number of rotatable bonds is 3. The lowest BCUT2D eigenvalue weighted by atomic mass is 9.59. The number of carbonyl (C=O) groups is 2. The van der Waals surface area contributed by atoms with Crippen LogP contribution in [0.5, 0.6) is 11.5 Å². The van der Waals surface area contributed by atoms with E-state index < -0.39 is 79.0 Å². The van der Waals surface area contributed by atoms with Gasteiger partial charge in [-0.05, 0) is 35.9 Å². The molecule has 0 amide bonds. The summed E-state index contributed by atoms with van der Waals surface area (Å²) in [5.41, 5.74) is -1.59. The summed E-state index contributed by atoms with van der Waals surface area (Å²) in [6.45, 7) is -0.246. The number of para-hydroxylation sites is 1. The molecule has 0 bridgehead atoms. The third kappa shape index (κ3) is 4.14. The monoisotopic (exact) mass is 675 g/mol. The molecule has 16 heteroatoms. The number of hydrogen-bond donors (Lipinski definition) is 1. The molecule has 0 saturated heterocycles. The first-order chi connectivity index (χ1) is 20.1. The highest BCUT2D eigenvalue weighted by Gasteiger charge is 2.71. The summed E-state index contributed by atoms with van der Waals surface area (Å²) in [7, 11) is 0. The SMILES string of the molecule is O=C1C(Cl)=C(Cl)C(=O)[C@@]2(Cl)[C@@H](c3cc(OC(F)(F)F)ccc3O)C3=CCn4c(=O)n(-c5ccccc5)c(=O)n4[C@@H]3C[C@@]12Cl. The van der Waals surface area contributed by atoms with E-state index in [2.05, 4.69) is 4.74 Å². The molecule has 4 atom stereocenters. The Bertz CT molecular complexity index is 1910. The Hall–Kier alpha value is -3.45. The Kier molecular flexibility index (Phi) is 6.74. The number of aromatic nitrogens is 3. The number of fused-ring (bicyclic) bond motifs is 4. The molecule has 9 nitrogen and oxygen atoms in total. The van der Waals surface area contributed by atoms with E-state index in [4.69, 9.17) is 46.4 Å². The largest absolute Gasteiger partial charge is 0.573 e. The molecule has 6 rings (SSSR count). The zero-order valence-electron chi connectivity index (χ0n) is 21.2. The van der Waals surface area contributed by atoms with Crippen molar-refractivity contribution in [2.24, 2.45) is 0 Å². The number of halogens is 7. The Morgan fingerprint density at radius 1 is 0.930 bits per heavy atom. The molecule has 1 N–H and O–H groups in total. The van der Waals surface area contributed by atoms with Gasteiger partial charge in [0.25, 0.3) is 0 Å². The maximum absolute atomic E-state index is 13.8. The molecule has 2 heterocycles. The molecule has 43 heavy (non-hydrogen) atoms. The fourth-order valence-electron chi connectivity index (χ4n) is 6.07. The van der Waals surface area contributed by atoms with Crippen LogP contribution in [0.1, 0.15) is 23.9 Å². The number of hydrogen-bond acceptors (Lipinski definition) is 6. The van der Waals surface area contributed by atoms with Crippen molar-refractivity contribution in [3.05, 3.63) is 96.8 Å². The van der Waals surface area contributed by atoms with Gasteiger partial charge in [-0.15, -0.1) is 36.4 Å². The van der Waals surface area contributed by atoms with Gasteiger partial charge in [-0.2, -0.15) is 0 Å². The second-order valence-electron chi connectivity index (χ2n) is 10.1. The van der Waals surface area contributed by atoms with Crippen LogP contribution in [0.3, 0.4) is 0 Å². The fraction of sp³-hybridized carbons (Fsp3) is 0.259. The molecule has 3 aliphatic rings. The highest BCUT2D eigenvalue weighted by Crippen LogP contribution is 2.64. The van der Waals surface area contributed by atoms with Gasteiger partial charge in [0.05, 0.1) is 18.3 Å². The van der Waals surface area contributed by atoms with Crippen LogP contribution in [-0.2, 0) is 16.1 Å². The number of benzene rings is 2. The number of ketones is 2. The number of carbonyl (C=O) groups excluding carboxylic acids is 2. The number of ether oxygens (including phenoxy) is 1. The number of aromatic hydroxyl groups is 1. The van der Waals surface area contributed by atoms with Crippen molar-refractivity contribution < 1.29 is 32.6 Å². The average molecular weight is 677 g/mol. The molecule has 1 aliphatic heterocycles. The minimum Gasteiger partial charge on any atom is -0.508 e.